The molecule has 0 aliphatic carbocycles. The van der Waals surface area contributed by atoms with Crippen LogP contribution in [0.15, 0.2) is 42.7 Å². The van der Waals surface area contributed by atoms with Gasteiger partial charge >= 0.3 is 0 Å². The van der Waals surface area contributed by atoms with E-state index in [1.54, 1.807) is 24.5 Å². The molecule has 1 aromatic carbocycles. The Bertz CT molecular complexity index is 738. The number of benzene rings is 1. The lowest BCUT2D eigenvalue weighted by Gasteiger charge is -2.05. The van der Waals surface area contributed by atoms with E-state index in [4.69, 9.17) is 5.26 Å². The summed E-state index contributed by atoms with van der Waals surface area (Å²) in [5.74, 6) is 0.650. The zero-order chi connectivity index (χ0) is 12.4. The molecule has 0 bridgehead atoms. The normalized spacial score (nSPS) is 10.2. The van der Waals surface area contributed by atoms with Gasteiger partial charge in [-0.1, -0.05) is 6.07 Å². The van der Waals surface area contributed by atoms with Crippen LogP contribution in [0.3, 0.4) is 0 Å². The molecule has 3 rings (SSSR count). The van der Waals surface area contributed by atoms with Crippen LogP contribution in [0.2, 0.25) is 0 Å². The Kier molecular flexibility index (Phi) is 2.39. The molecule has 0 atom stereocenters. The maximum atomic E-state index is 8.83. The molecule has 0 saturated carbocycles. The third kappa shape index (κ3) is 1.87. The molecular weight excluding hydrogens is 226 g/mol. The molecule has 2 aromatic heterocycles. The van der Waals surface area contributed by atoms with Gasteiger partial charge < -0.3 is 10.3 Å². The Balaban J connectivity index is 1.93. The molecule has 0 spiro atoms. The van der Waals surface area contributed by atoms with Crippen LogP contribution in [0.4, 0.5) is 11.5 Å². The van der Waals surface area contributed by atoms with Gasteiger partial charge in [-0.3, -0.25) is 0 Å². The quantitative estimate of drug-likeness (QED) is 0.715. The second-order valence-electron chi connectivity index (χ2n) is 3.78. The molecule has 0 unspecified atom stereocenters. The molecule has 0 aliphatic heterocycles. The zero-order valence-electron chi connectivity index (χ0n) is 9.38. The number of aromatic nitrogens is 3. The molecule has 0 amide bonds. The summed E-state index contributed by atoms with van der Waals surface area (Å²) in [6.45, 7) is 0. The number of nitriles is 1. The minimum atomic E-state index is 0.607. The van der Waals surface area contributed by atoms with E-state index in [1.807, 2.05) is 18.2 Å². The molecule has 5 heteroatoms. The number of nitrogens with zero attached hydrogens (tertiary/aromatic N) is 3. The lowest BCUT2D eigenvalue weighted by Crippen LogP contribution is -1.95. The molecule has 0 saturated heterocycles. The summed E-state index contributed by atoms with van der Waals surface area (Å²) in [5, 5.41) is 12.0. The topological polar surface area (TPSA) is 77.4 Å². The summed E-state index contributed by atoms with van der Waals surface area (Å²) in [6.07, 6.45) is 3.45. The predicted molar refractivity (Wildman–Crippen MR) is 68.3 cm³/mol. The van der Waals surface area contributed by atoms with E-state index in [0.29, 0.717) is 11.4 Å². The first kappa shape index (κ1) is 10.3. The highest BCUT2D eigenvalue weighted by molar-refractivity contribution is 5.73. The number of anilines is 2. The Hall–Kier alpha value is -2.87. The Labute approximate surface area is 103 Å². The van der Waals surface area contributed by atoms with Crippen LogP contribution in [-0.2, 0) is 0 Å². The highest BCUT2D eigenvalue weighted by Crippen LogP contribution is 2.17. The average Bonchev–Trinajstić information content (AvgIpc) is 2.86. The molecule has 5 nitrogen and oxygen atoms in total. The largest absolute Gasteiger partial charge is 0.345 e. The fourth-order valence-corrected chi connectivity index (χ4v) is 1.70. The fraction of sp³-hybridized carbons (Fsp3) is 0. The zero-order valence-corrected chi connectivity index (χ0v) is 9.38. The van der Waals surface area contributed by atoms with Gasteiger partial charge in [-0.15, -0.1) is 0 Å². The van der Waals surface area contributed by atoms with Crippen molar-refractivity contribution in [3.05, 3.63) is 48.3 Å². The third-order valence-corrected chi connectivity index (χ3v) is 2.52. The molecule has 86 valence electrons. The summed E-state index contributed by atoms with van der Waals surface area (Å²) in [7, 11) is 0. The van der Waals surface area contributed by atoms with E-state index in [0.717, 1.165) is 16.9 Å². The summed E-state index contributed by atoms with van der Waals surface area (Å²) in [6, 6.07) is 11.2. The van der Waals surface area contributed by atoms with E-state index in [1.165, 1.54) is 0 Å². The Morgan fingerprint density at radius 1 is 1.28 bits per heavy atom. The number of H-pyrrole nitrogens is 1. The van der Waals surface area contributed by atoms with Gasteiger partial charge in [0.2, 0.25) is 0 Å². The first-order valence-corrected chi connectivity index (χ1v) is 5.42. The van der Waals surface area contributed by atoms with Gasteiger partial charge in [-0.05, 0) is 24.3 Å². The number of rotatable bonds is 2. The maximum absolute atomic E-state index is 8.83. The van der Waals surface area contributed by atoms with E-state index in [9.17, 15) is 0 Å². The molecule has 3 aromatic rings. The lowest BCUT2D eigenvalue weighted by molar-refractivity contribution is 1.25. The second kappa shape index (κ2) is 4.18. The van der Waals surface area contributed by atoms with E-state index >= 15 is 0 Å². The summed E-state index contributed by atoms with van der Waals surface area (Å²) in [4.78, 5) is 11.6. The second-order valence-corrected chi connectivity index (χ2v) is 3.78. The smallest absolute Gasteiger partial charge is 0.156 e. The molecule has 2 N–H and O–H groups in total. The minimum Gasteiger partial charge on any atom is -0.345 e. The predicted octanol–water partition coefficient (Wildman–Crippen LogP) is 2.57. The van der Waals surface area contributed by atoms with Crippen molar-refractivity contribution in [1.82, 2.24) is 15.0 Å². The van der Waals surface area contributed by atoms with Crippen molar-refractivity contribution in [2.75, 3.05) is 5.32 Å². The number of hydrogen-bond acceptors (Lipinski definition) is 4. The molecule has 0 fully saturated rings. The number of fused-ring (bicyclic) bond motifs is 1. The van der Waals surface area contributed by atoms with Crippen molar-refractivity contribution >= 4 is 22.7 Å². The summed E-state index contributed by atoms with van der Waals surface area (Å²) >= 11 is 0. The molecule has 0 radical (unpaired) electrons. The molecule has 2 heterocycles. The van der Waals surface area contributed by atoms with Gasteiger partial charge in [0.15, 0.2) is 5.65 Å². The van der Waals surface area contributed by atoms with Crippen LogP contribution < -0.4 is 5.32 Å². The van der Waals surface area contributed by atoms with Gasteiger partial charge in [-0.25, -0.2) is 9.97 Å². The monoisotopic (exact) mass is 235 g/mol. The summed E-state index contributed by atoms with van der Waals surface area (Å²) < 4.78 is 0. The first-order valence-electron chi connectivity index (χ1n) is 5.42. The SMILES string of the molecule is N#Cc1cccc(Nc2cnc3[nH]ccc3n2)c1. The molecule has 18 heavy (non-hydrogen) atoms. The molecular formula is C13H9N5. The van der Waals surface area contributed by atoms with Crippen molar-refractivity contribution in [3.8, 4) is 6.07 Å². The number of aromatic amines is 1. The maximum Gasteiger partial charge on any atom is 0.156 e. The van der Waals surface area contributed by atoms with Gasteiger partial charge in [-0.2, -0.15) is 5.26 Å². The third-order valence-electron chi connectivity index (χ3n) is 2.52. The van der Waals surface area contributed by atoms with Crippen LogP contribution >= 0.6 is 0 Å². The van der Waals surface area contributed by atoms with Gasteiger partial charge in [0, 0.05) is 11.9 Å². The molecule has 0 aliphatic rings. The van der Waals surface area contributed by atoms with Gasteiger partial charge in [0.25, 0.3) is 0 Å². The van der Waals surface area contributed by atoms with Crippen molar-refractivity contribution in [2.24, 2.45) is 0 Å². The van der Waals surface area contributed by atoms with Crippen molar-refractivity contribution in [2.45, 2.75) is 0 Å². The fourth-order valence-electron chi connectivity index (χ4n) is 1.70. The summed E-state index contributed by atoms with van der Waals surface area (Å²) in [5.41, 5.74) is 2.98. The van der Waals surface area contributed by atoms with Gasteiger partial charge in [0.1, 0.15) is 11.3 Å². The lowest BCUT2D eigenvalue weighted by atomic mass is 10.2. The minimum absolute atomic E-state index is 0.607. The first-order chi connectivity index (χ1) is 8.85. The van der Waals surface area contributed by atoms with Crippen LogP contribution in [-0.4, -0.2) is 15.0 Å². The number of nitrogens with one attached hydrogen (secondary N) is 2. The van der Waals surface area contributed by atoms with Crippen molar-refractivity contribution < 1.29 is 0 Å². The van der Waals surface area contributed by atoms with Crippen LogP contribution in [0.5, 0.6) is 0 Å². The van der Waals surface area contributed by atoms with Crippen LogP contribution in [0.1, 0.15) is 5.56 Å². The van der Waals surface area contributed by atoms with Gasteiger partial charge in [0.05, 0.1) is 17.8 Å². The van der Waals surface area contributed by atoms with E-state index < -0.39 is 0 Å². The standard InChI is InChI=1S/C13H9N5/c14-7-9-2-1-3-10(6-9)17-12-8-16-13-11(18-12)4-5-15-13/h1-6,8H,(H,15,16)(H,17,18). The van der Waals surface area contributed by atoms with Crippen LogP contribution in [0, 0.1) is 11.3 Å². The number of hydrogen-bond donors (Lipinski definition) is 2. The average molecular weight is 235 g/mol. The van der Waals surface area contributed by atoms with E-state index in [2.05, 4.69) is 26.3 Å². The van der Waals surface area contributed by atoms with Crippen molar-refractivity contribution in [3.63, 3.8) is 0 Å². The van der Waals surface area contributed by atoms with E-state index in [-0.39, 0.29) is 0 Å². The van der Waals surface area contributed by atoms with Crippen LogP contribution in [0.25, 0.3) is 11.2 Å². The Morgan fingerprint density at radius 3 is 3.11 bits per heavy atom. The highest BCUT2D eigenvalue weighted by atomic mass is 15.0. The van der Waals surface area contributed by atoms with Crippen molar-refractivity contribution in [1.29, 1.82) is 5.26 Å². The highest BCUT2D eigenvalue weighted by Gasteiger charge is 2.01. The Morgan fingerprint density at radius 2 is 2.22 bits per heavy atom.